The van der Waals surface area contributed by atoms with Crippen LogP contribution in [0.5, 0.6) is 0 Å². The summed E-state index contributed by atoms with van der Waals surface area (Å²) in [4.78, 5) is 16.5. The van der Waals surface area contributed by atoms with Gasteiger partial charge in [0.15, 0.2) is 0 Å². The number of nitrogens with zero attached hydrogens (tertiary/aromatic N) is 2. The third kappa shape index (κ3) is 5.18. The van der Waals surface area contributed by atoms with E-state index < -0.39 is 0 Å². The molecule has 0 radical (unpaired) electrons. The van der Waals surface area contributed by atoms with Crippen molar-refractivity contribution in [1.82, 2.24) is 4.98 Å². The molecular formula is C29H23N5O2. The van der Waals surface area contributed by atoms with E-state index in [0.717, 1.165) is 28.6 Å². The van der Waals surface area contributed by atoms with E-state index in [1.165, 1.54) is 6.20 Å². The molecule has 2 amide bonds. The summed E-state index contributed by atoms with van der Waals surface area (Å²) < 4.78 is 5.94. The quantitative estimate of drug-likeness (QED) is 0.245. The molecule has 2 aromatic heterocycles. The van der Waals surface area contributed by atoms with Crippen LogP contribution >= 0.6 is 0 Å². The summed E-state index contributed by atoms with van der Waals surface area (Å²) in [6.07, 6.45) is 2.26. The molecule has 0 saturated carbocycles. The molecule has 0 spiro atoms. The number of pyridine rings is 1. The van der Waals surface area contributed by atoms with Crippen LogP contribution in [0.2, 0.25) is 0 Å². The first-order chi connectivity index (χ1) is 17.7. The van der Waals surface area contributed by atoms with Crippen LogP contribution in [-0.4, -0.2) is 17.6 Å². The number of urea groups is 1. The van der Waals surface area contributed by atoms with Gasteiger partial charge in [-0.25, -0.2) is 9.78 Å². The van der Waals surface area contributed by atoms with Crippen molar-refractivity contribution < 1.29 is 9.21 Å². The topological polar surface area (TPSA) is 103 Å². The molecular weight excluding hydrogens is 450 g/mol. The monoisotopic (exact) mass is 473 g/mol. The third-order valence-corrected chi connectivity index (χ3v) is 5.70. The highest BCUT2D eigenvalue weighted by molar-refractivity contribution is 5.99. The fourth-order valence-corrected chi connectivity index (χ4v) is 3.91. The molecule has 0 aliphatic heterocycles. The summed E-state index contributed by atoms with van der Waals surface area (Å²) in [6.45, 7) is 0.612. The Kier molecular flexibility index (Phi) is 6.59. The number of hydrogen-bond acceptors (Lipinski definition) is 5. The maximum atomic E-state index is 12.2. The highest BCUT2D eigenvalue weighted by atomic mass is 16.3. The number of benzene rings is 3. The number of nitriles is 1. The molecule has 5 rings (SSSR count). The first-order valence-corrected chi connectivity index (χ1v) is 11.5. The number of carbonyl (C=O) groups is 1. The van der Waals surface area contributed by atoms with Crippen molar-refractivity contribution >= 4 is 34.2 Å². The van der Waals surface area contributed by atoms with E-state index in [9.17, 15) is 10.1 Å². The first kappa shape index (κ1) is 22.7. The zero-order valence-electron chi connectivity index (χ0n) is 19.4. The number of anilines is 3. The summed E-state index contributed by atoms with van der Waals surface area (Å²) >= 11 is 0. The fourth-order valence-electron chi connectivity index (χ4n) is 3.91. The summed E-state index contributed by atoms with van der Waals surface area (Å²) in [5.41, 5.74) is 5.14. The molecule has 2 heterocycles. The van der Waals surface area contributed by atoms with Crippen molar-refractivity contribution in [3.63, 3.8) is 0 Å². The molecule has 0 bridgehead atoms. The lowest BCUT2D eigenvalue weighted by atomic mass is 10.1. The van der Waals surface area contributed by atoms with Crippen LogP contribution in [0.25, 0.3) is 22.4 Å². The molecule has 0 aliphatic carbocycles. The van der Waals surface area contributed by atoms with Gasteiger partial charge in [0.1, 0.15) is 11.8 Å². The van der Waals surface area contributed by atoms with Crippen LogP contribution in [0.4, 0.5) is 21.9 Å². The maximum Gasteiger partial charge on any atom is 0.323 e. The second-order valence-electron chi connectivity index (χ2n) is 8.17. The Labute approximate surface area is 208 Å². The van der Waals surface area contributed by atoms with Gasteiger partial charge < -0.3 is 20.4 Å². The number of amides is 2. The van der Waals surface area contributed by atoms with Crippen LogP contribution in [0, 0.1) is 11.3 Å². The molecule has 0 atom stereocenters. The van der Waals surface area contributed by atoms with Gasteiger partial charge in [-0.15, -0.1) is 0 Å². The minimum atomic E-state index is -0.295. The van der Waals surface area contributed by atoms with Gasteiger partial charge in [-0.2, -0.15) is 5.26 Å². The zero-order valence-corrected chi connectivity index (χ0v) is 19.4. The van der Waals surface area contributed by atoms with E-state index in [-0.39, 0.29) is 6.03 Å². The third-order valence-electron chi connectivity index (χ3n) is 5.70. The fraction of sp³-hybridized carbons (Fsp3) is 0.0690. The van der Waals surface area contributed by atoms with Gasteiger partial charge >= 0.3 is 6.03 Å². The first-order valence-electron chi connectivity index (χ1n) is 11.5. The molecule has 3 N–H and O–H groups in total. The lowest BCUT2D eigenvalue weighted by molar-refractivity contribution is 0.262. The lowest BCUT2D eigenvalue weighted by Crippen LogP contribution is -2.19. The maximum absolute atomic E-state index is 12.2. The zero-order chi connectivity index (χ0) is 24.7. The minimum Gasteiger partial charge on any atom is -0.438 e. The lowest BCUT2D eigenvalue weighted by Gasteiger charge is -2.10. The van der Waals surface area contributed by atoms with Gasteiger partial charge in [0.2, 0.25) is 5.71 Å². The van der Waals surface area contributed by atoms with Gasteiger partial charge in [-0.3, -0.25) is 0 Å². The van der Waals surface area contributed by atoms with E-state index in [4.69, 9.17) is 4.42 Å². The van der Waals surface area contributed by atoms with E-state index in [2.05, 4.69) is 27.0 Å². The predicted molar refractivity (Wildman–Crippen MR) is 142 cm³/mol. The number of carbonyl (C=O) groups excluding carboxylic acids is 1. The Morgan fingerprint density at radius 1 is 0.889 bits per heavy atom. The van der Waals surface area contributed by atoms with Gasteiger partial charge in [-0.1, -0.05) is 60.7 Å². The molecule has 3 aromatic carbocycles. The van der Waals surface area contributed by atoms with Gasteiger partial charge in [-0.05, 0) is 42.3 Å². The average molecular weight is 474 g/mol. The molecule has 0 unspecified atom stereocenters. The highest BCUT2D eigenvalue weighted by Gasteiger charge is 2.14. The Bertz CT molecular complexity index is 1520. The Hall–Kier alpha value is -5.09. The molecule has 7 heteroatoms. The summed E-state index contributed by atoms with van der Waals surface area (Å²) in [5.74, 6) is 0.704. The number of para-hydroxylation sites is 1. The molecule has 0 aliphatic rings. The highest BCUT2D eigenvalue weighted by Crippen LogP contribution is 2.33. The van der Waals surface area contributed by atoms with Crippen molar-refractivity contribution in [2.24, 2.45) is 0 Å². The smallest absolute Gasteiger partial charge is 0.323 e. The number of furan rings is 1. The second-order valence-corrected chi connectivity index (χ2v) is 8.17. The second kappa shape index (κ2) is 10.5. The minimum absolute atomic E-state index is 0.295. The Balaban J connectivity index is 1.23. The number of hydrogen-bond donors (Lipinski definition) is 3. The van der Waals surface area contributed by atoms with E-state index in [0.29, 0.717) is 35.0 Å². The number of rotatable bonds is 7. The van der Waals surface area contributed by atoms with Crippen molar-refractivity contribution in [3.05, 3.63) is 108 Å². The average Bonchev–Trinajstić information content (AvgIpc) is 3.36. The van der Waals surface area contributed by atoms with Crippen LogP contribution in [0.1, 0.15) is 11.1 Å². The summed E-state index contributed by atoms with van der Waals surface area (Å²) in [7, 11) is 0. The van der Waals surface area contributed by atoms with Crippen LogP contribution in [0.15, 0.2) is 102 Å². The predicted octanol–water partition coefficient (Wildman–Crippen LogP) is 6.67. The SMILES string of the molecule is N#Cc1cnc2oc(-c3ccccc3)cc2c1NCCc1ccc(NC(=O)Nc2ccccc2)cc1. The molecule has 7 nitrogen and oxygen atoms in total. The van der Waals surface area contributed by atoms with Gasteiger partial charge in [0, 0.05) is 23.5 Å². The van der Waals surface area contributed by atoms with Crippen LogP contribution < -0.4 is 16.0 Å². The van der Waals surface area contributed by atoms with Crippen molar-refractivity contribution in [2.75, 3.05) is 22.5 Å². The van der Waals surface area contributed by atoms with Crippen LogP contribution in [-0.2, 0) is 6.42 Å². The number of nitrogens with one attached hydrogen (secondary N) is 3. The van der Waals surface area contributed by atoms with Crippen LogP contribution in [0.3, 0.4) is 0 Å². The van der Waals surface area contributed by atoms with Crippen molar-refractivity contribution in [3.8, 4) is 17.4 Å². The van der Waals surface area contributed by atoms with E-state index in [1.54, 1.807) is 0 Å². The van der Waals surface area contributed by atoms with E-state index in [1.807, 2.05) is 91.0 Å². The number of aromatic nitrogens is 1. The molecule has 36 heavy (non-hydrogen) atoms. The molecule has 5 aromatic rings. The summed E-state index contributed by atoms with van der Waals surface area (Å²) in [6, 6.07) is 30.6. The molecule has 0 saturated heterocycles. The molecule has 0 fully saturated rings. The van der Waals surface area contributed by atoms with Crippen molar-refractivity contribution in [1.29, 1.82) is 5.26 Å². The normalized spacial score (nSPS) is 10.5. The number of fused-ring (bicyclic) bond motifs is 1. The Morgan fingerprint density at radius 2 is 1.56 bits per heavy atom. The Morgan fingerprint density at radius 3 is 2.25 bits per heavy atom. The summed E-state index contributed by atoms with van der Waals surface area (Å²) in [5, 5.41) is 19.4. The standard InChI is InChI=1S/C29H23N5O2/c30-18-22-19-32-28-25(17-26(36-28)21-7-3-1-4-8-21)27(22)31-16-15-20-11-13-24(14-12-20)34-29(35)33-23-9-5-2-6-10-23/h1-14,17,19H,15-16H2,(H,31,32)(H2,33,34,35). The largest absolute Gasteiger partial charge is 0.438 e. The van der Waals surface area contributed by atoms with Crippen molar-refractivity contribution in [2.45, 2.75) is 6.42 Å². The van der Waals surface area contributed by atoms with Gasteiger partial charge in [0.25, 0.3) is 0 Å². The molecule has 176 valence electrons. The van der Waals surface area contributed by atoms with E-state index >= 15 is 0 Å². The van der Waals surface area contributed by atoms with Gasteiger partial charge in [0.05, 0.1) is 22.8 Å².